The SMILES string of the molecule is CC(C)Cn1ncc2cc(Cc3ccc(F)cc3F)c(C(=O)O)cc21. The first-order valence-electron chi connectivity index (χ1n) is 8.01. The van der Waals surface area contributed by atoms with Crippen LogP contribution in [-0.2, 0) is 13.0 Å². The highest BCUT2D eigenvalue weighted by molar-refractivity contribution is 5.95. The first-order valence-corrected chi connectivity index (χ1v) is 8.01. The minimum Gasteiger partial charge on any atom is -0.478 e. The maximum Gasteiger partial charge on any atom is 0.336 e. The molecule has 25 heavy (non-hydrogen) atoms. The number of aromatic nitrogens is 2. The summed E-state index contributed by atoms with van der Waals surface area (Å²) in [5.74, 6) is -2.07. The summed E-state index contributed by atoms with van der Waals surface area (Å²) in [4.78, 5) is 11.7. The lowest BCUT2D eigenvalue weighted by Gasteiger charge is -2.10. The normalized spacial score (nSPS) is 11.4. The smallest absolute Gasteiger partial charge is 0.336 e. The summed E-state index contributed by atoms with van der Waals surface area (Å²) in [7, 11) is 0. The summed E-state index contributed by atoms with van der Waals surface area (Å²) < 4.78 is 28.8. The summed E-state index contributed by atoms with van der Waals surface area (Å²) in [5, 5.41) is 14.7. The molecule has 0 aliphatic heterocycles. The van der Waals surface area contributed by atoms with Gasteiger partial charge in [-0.25, -0.2) is 13.6 Å². The molecule has 0 radical (unpaired) electrons. The number of carboxylic acid groups (broad SMARTS) is 1. The average molecular weight is 344 g/mol. The van der Waals surface area contributed by atoms with Gasteiger partial charge in [-0.2, -0.15) is 5.10 Å². The number of hydrogen-bond acceptors (Lipinski definition) is 2. The Balaban J connectivity index is 2.08. The van der Waals surface area contributed by atoms with Crippen molar-refractivity contribution in [2.24, 2.45) is 5.92 Å². The zero-order valence-electron chi connectivity index (χ0n) is 14.0. The van der Waals surface area contributed by atoms with E-state index in [0.29, 0.717) is 18.0 Å². The van der Waals surface area contributed by atoms with Crippen LogP contribution in [0.4, 0.5) is 8.78 Å². The van der Waals surface area contributed by atoms with Gasteiger partial charge in [0, 0.05) is 24.4 Å². The first-order chi connectivity index (χ1) is 11.8. The fourth-order valence-electron chi connectivity index (χ4n) is 2.88. The van der Waals surface area contributed by atoms with E-state index in [4.69, 9.17) is 0 Å². The van der Waals surface area contributed by atoms with Gasteiger partial charge in [-0.1, -0.05) is 19.9 Å². The highest BCUT2D eigenvalue weighted by Crippen LogP contribution is 2.24. The van der Waals surface area contributed by atoms with Crippen LogP contribution < -0.4 is 0 Å². The lowest BCUT2D eigenvalue weighted by atomic mass is 9.97. The molecule has 0 saturated carbocycles. The second kappa shape index (κ2) is 6.63. The van der Waals surface area contributed by atoms with Gasteiger partial charge in [0.2, 0.25) is 0 Å². The highest BCUT2D eigenvalue weighted by atomic mass is 19.1. The van der Waals surface area contributed by atoms with Crippen molar-refractivity contribution in [2.45, 2.75) is 26.8 Å². The molecule has 1 aromatic heterocycles. The molecule has 0 fully saturated rings. The van der Waals surface area contributed by atoms with Crippen molar-refractivity contribution in [3.8, 4) is 0 Å². The highest BCUT2D eigenvalue weighted by Gasteiger charge is 2.16. The van der Waals surface area contributed by atoms with E-state index in [-0.39, 0.29) is 17.5 Å². The van der Waals surface area contributed by atoms with Gasteiger partial charge in [-0.3, -0.25) is 4.68 Å². The largest absolute Gasteiger partial charge is 0.478 e. The molecule has 0 aliphatic carbocycles. The van der Waals surface area contributed by atoms with E-state index < -0.39 is 17.6 Å². The van der Waals surface area contributed by atoms with Crippen molar-refractivity contribution < 1.29 is 18.7 Å². The lowest BCUT2D eigenvalue weighted by Crippen LogP contribution is -2.08. The fourth-order valence-corrected chi connectivity index (χ4v) is 2.88. The van der Waals surface area contributed by atoms with Gasteiger partial charge in [-0.05, 0) is 35.2 Å². The van der Waals surface area contributed by atoms with Crippen molar-refractivity contribution in [3.05, 3.63) is 64.9 Å². The van der Waals surface area contributed by atoms with E-state index >= 15 is 0 Å². The zero-order valence-corrected chi connectivity index (χ0v) is 14.0. The topological polar surface area (TPSA) is 55.1 Å². The molecule has 3 rings (SSSR count). The molecular formula is C19H18F2N2O2. The minimum absolute atomic E-state index is 0.0685. The maximum atomic E-state index is 13.9. The molecule has 0 saturated heterocycles. The Morgan fingerprint density at radius 2 is 1.96 bits per heavy atom. The minimum atomic E-state index is -1.09. The van der Waals surface area contributed by atoms with E-state index in [1.807, 2.05) is 0 Å². The number of fused-ring (bicyclic) bond motifs is 1. The van der Waals surface area contributed by atoms with Crippen molar-refractivity contribution >= 4 is 16.9 Å². The molecular weight excluding hydrogens is 326 g/mol. The van der Waals surface area contributed by atoms with Gasteiger partial charge in [0.1, 0.15) is 11.6 Å². The second-order valence-electron chi connectivity index (χ2n) is 6.51. The van der Waals surface area contributed by atoms with Crippen LogP contribution in [0.25, 0.3) is 10.9 Å². The summed E-state index contributed by atoms with van der Waals surface area (Å²) in [6.45, 7) is 4.78. The van der Waals surface area contributed by atoms with Crippen LogP contribution in [-0.4, -0.2) is 20.9 Å². The Bertz CT molecular complexity index is 948. The second-order valence-corrected chi connectivity index (χ2v) is 6.51. The third kappa shape index (κ3) is 3.52. The van der Waals surface area contributed by atoms with E-state index in [9.17, 15) is 18.7 Å². The predicted octanol–water partition coefficient (Wildman–Crippen LogP) is 4.26. The zero-order chi connectivity index (χ0) is 18.1. The Hall–Kier alpha value is -2.76. The molecule has 4 nitrogen and oxygen atoms in total. The van der Waals surface area contributed by atoms with Crippen LogP contribution in [0.2, 0.25) is 0 Å². The average Bonchev–Trinajstić information content (AvgIpc) is 2.90. The monoisotopic (exact) mass is 344 g/mol. The van der Waals surface area contributed by atoms with Gasteiger partial charge in [0.15, 0.2) is 0 Å². The van der Waals surface area contributed by atoms with Gasteiger partial charge in [0.25, 0.3) is 0 Å². The Morgan fingerprint density at radius 3 is 2.60 bits per heavy atom. The Kier molecular flexibility index (Phi) is 4.53. The van der Waals surface area contributed by atoms with Crippen LogP contribution in [0.5, 0.6) is 0 Å². The quantitative estimate of drug-likeness (QED) is 0.752. The molecule has 0 amide bonds. The number of hydrogen-bond donors (Lipinski definition) is 1. The number of halogens is 2. The predicted molar refractivity (Wildman–Crippen MR) is 90.7 cm³/mol. The van der Waals surface area contributed by atoms with E-state index in [2.05, 4.69) is 18.9 Å². The molecule has 2 aromatic carbocycles. The molecule has 130 valence electrons. The summed E-state index contributed by atoms with van der Waals surface area (Å²) >= 11 is 0. The van der Waals surface area contributed by atoms with E-state index in [1.165, 1.54) is 6.07 Å². The third-order valence-electron chi connectivity index (χ3n) is 4.03. The van der Waals surface area contributed by atoms with Crippen molar-refractivity contribution in [1.82, 2.24) is 9.78 Å². The molecule has 1 heterocycles. The van der Waals surface area contributed by atoms with Gasteiger partial charge < -0.3 is 5.11 Å². The molecule has 0 aliphatic rings. The number of rotatable bonds is 5. The van der Waals surface area contributed by atoms with Gasteiger partial charge >= 0.3 is 5.97 Å². The first kappa shape index (κ1) is 17.1. The van der Waals surface area contributed by atoms with Crippen LogP contribution in [0.15, 0.2) is 36.5 Å². The van der Waals surface area contributed by atoms with E-state index in [1.54, 1.807) is 23.0 Å². The molecule has 0 atom stereocenters. The maximum absolute atomic E-state index is 13.9. The summed E-state index contributed by atoms with van der Waals surface area (Å²) in [6.07, 6.45) is 1.74. The summed E-state index contributed by atoms with van der Waals surface area (Å²) in [5.41, 5.74) is 1.54. The summed E-state index contributed by atoms with van der Waals surface area (Å²) in [6, 6.07) is 6.59. The Labute approximate surface area is 143 Å². The van der Waals surface area contributed by atoms with Crippen molar-refractivity contribution in [2.75, 3.05) is 0 Å². The molecule has 3 aromatic rings. The van der Waals surface area contributed by atoms with Crippen LogP contribution in [0.3, 0.4) is 0 Å². The molecule has 0 spiro atoms. The Morgan fingerprint density at radius 1 is 1.20 bits per heavy atom. The van der Waals surface area contributed by atoms with Gasteiger partial charge in [0.05, 0.1) is 17.3 Å². The van der Waals surface area contributed by atoms with Gasteiger partial charge in [-0.15, -0.1) is 0 Å². The lowest BCUT2D eigenvalue weighted by molar-refractivity contribution is 0.0696. The van der Waals surface area contributed by atoms with E-state index in [0.717, 1.165) is 23.0 Å². The van der Waals surface area contributed by atoms with Crippen LogP contribution >= 0.6 is 0 Å². The fraction of sp³-hybridized carbons (Fsp3) is 0.263. The van der Waals surface area contributed by atoms with Crippen molar-refractivity contribution in [3.63, 3.8) is 0 Å². The van der Waals surface area contributed by atoms with Crippen LogP contribution in [0, 0.1) is 17.6 Å². The number of carboxylic acids is 1. The molecule has 0 bridgehead atoms. The molecule has 0 unspecified atom stereocenters. The van der Waals surface area contributed by atoms with Crippen molar-refractivity contribution in [1.29, 1.82) is 0 Å². The standard InChI is InChI=1S/C19H18F2N2O2/c1-11(2)10-23-18-8-16(19(24)25)13(6-14(18)9-22-23)5-12-3-4-15(20)7-17(12)21/h3-4,6-9,11H,5,10H2,1-2H3,(H,24,25). The number of aromatic carboxylic acids is 1. The third-order valence-corrected chi connectivity index (χ3v) is 4.03. The molecule has 6 heteroatoms. The number of carbonyl (C=O) groups is 1. The molecule has 1 N–H and O–H groups in total. The van der Waals surface area contributed by atoms with Crippen LogP contribution in [0.1, 0.15) is 35.3 Å². The number of benzene rings is 2. The number of nitrogens with zero attached hydrogens (tertiary/aromatic N) is 2.